The lowest BCUT2D eigenvalue weighted by Crippen LogP contribution is -2.41. The Morgan fingerprint density at radius 3 is 2.85 bits per heavy atom. The number of nitrogens with one attached hydrogen (secondary N) is 1. The molecule has 1 aromatic rings. The second-order valence-corrected chi connectivity index (χ2v) is 5.15. The Morgan fingerprint density at radius 1 is 1.40 bits per heavy atom. The van der Waals surface area contributed by atoms with Crippen molar-refractivity contribution < 1.29 is 19.2 Å². The van der Waals surface area contributed by atoms with E-state index in [1.54, 1.807) is 0 Å². The molecule has 0 radical (unpaired) electrons. The number of carboxylic acid groups (broad SMARTS) is 1. The molecule has 110 valence electrons. The summed E-state index contributed by atoms with van der Waals surface area (Å²) in [6.07, 6.45) is 5.69. The molecular weight excluding hydrogens is 260 g/mol. The number of carbonyl (C=O) groups is 2. The van der Waals surface area contributed by atoms with Crippen LogP contribution >= 0.6 is 0 Å². The zero-order chi connectivity index (χ0) is 14.5. The van der Waals surface area contributed by atoms with Crippen molar-refractivity contribution in [3.05, 3.63) is 17.0 Å². The lowest BCUT2D eigenvalue weighted by Gasteiger charge is -2.14. The van der Waals surface area contributed by atoms with Gasteiger partial charge in [0.25, 0.3) is 5.91 Å². The number of carboxylic acids is 1. The van der Waals surface area contributed by atoms with Crippen molar-refractivity contribution in [3.8, 4) is 0 Å². The first-order chi connectivity index (χ1) is 9.63. The number of aliphatic carboxylic acids is 1. The molecule has 6 nitrogen and oxygen atoms in total. The van der Waals surface area contributed by atoms with E-state index in [1.165, 1.54) is 0 Å². The van der Waals surface area contributed by atoms with Crippen LogP contribution in [0.2, 0.25) is 0 Å². The number of rotatable bonds is 6. The molecule has 1 aromatic heterocycles. The molecule has 0 aromatic carbocycles. The second-order valence-electron chi connectivity index (χ2n) is 5.15. The molecule has 1 heterocycles. The van der Waals surface area contributed by atoms with Crippen molar-refractivity contribution in [2.75, 3.05) is 0 Å². The minimum Gasteiger partial charge on any atom is -0.480 e. The number of fused-ring (bicyclic) bond motifs is 1. The maximum Gasteiger partial charge on any atom is 0.326 e. The normalized spacial score (nSPS) is 15.4. The smallest absolute Gasteiger partial charge is 0.326 e. The van der Waals surface area contributed by atoms with Gasteiger partial charge in [-0.2, -0.15) is 0 Å². The Kier molecular flexibility index (Phi) is 4.76. The van der Waals surface area contributed by atoms with Crippen molar-refractivity contribution in [1.29, 1.82) is 0 Å². The van der Waals surface area contributed by atoms with Crippen LogP contribution in [0.4, 0.5) is 0 Å². The van der Waals surface area contributed by atoms with Gasteiger partial charge in [0, 0.05) is 12.0 Å². The number of aromatic nitrogens is 1. The SMILES string of the molecule is CCCC[C@@H](NC(=O)c1noc2c1CCCC2)C(=O)O. The number of hydrogen-bond acceptors (Lipinski definition) is 4. The third-order valence-electron chi connectivity index (χ3n) is 3.62. The molecular formula is C14H20N2O4. The number of nitrogens with zero attached hydrogens (tertiary/aromatic N) is 1. The van der Waals surface area contributed by atoms with Gasteiger partial charge in [0.2, 0.25) is 0 Å². The van der Waals surface area contributed by atoms with Gasteiger partial charge in [-0.3, -0.25) is 4.79 Å². The Labute approximate surface area is 117 Å². The Hall–Kier alpha value is -1.85. The maximum atomic E-state index is 12.2. The molecule has 1 aliphatic carbocycles. The van der Waals surface area contributed by atoms with Gasteiger partial charge >= 0.3 is 5.97 Å². The van der Waals surface area contributed by atoms with Gasteiger partial charge in [-0.25, -0.2) is 4.79 Å². The first-order valence-electron chi connectivity index (χ1n) is 7.14. The fourth-order valence-electron chi connectivity index (χ4n) is 2.46. The minimum absolute atomic E-state index is 0.252. The predicted molar refractivity (Wildman–Crippen MR) is 71.6 cm³/mol. The molecule has 6 heteroatoms. The van der Waals surface area contributed by atoms with Crippen molar-refractivity contribution in [3.63, 3.8) is 0 Å². The van der Waals surface area contributed by atoms with Crippen molar-refractivity contribution in [2.24, 2.45) is 0 Å². The number of unbranched alkanes of at least 4 members (excludes halogenated alkanes) is 1. The molecule has 1 atom stereocenters. The zero-order valence-electron chi connectivity index (χ0n) is 11.6. The van der Waals surface area contributed by atoms with Crippen LogP contribution in [-0.2, 0) is 17.6 Å². The van der Waals surface area contributed by atoms with Crippen LogP contribution < -0.4 is 5.32 Å². The highest BCUT2D eigenvalue weighted by Gasteiger charge is 2.27. The van der Waals surface area contributed by atoms with E-state index in [0.29, 0.717) is 6.42 Å². The third-order valence-corrected chi connectivity index (χ3v) is 3.62. The average molecular weight is 280 g/mol. The van der Waals surface area contributed by atoms with Gasteiger partial charge in [0.05, 0.1) is 0 Å². The highest BCUT2D eigenvalue weighted by Crippen LogP contribution is 2.24. The molecule has 0 fully saturated rings. The van der Waals surface area contributed by atoms with E-state index in [-0.39, 0.29) is 5.69 Å². The van der Waals surface area contributed by atoms with Gasteiger partial charge in [0.1, 0.15) is 11.8 Å². The first-order valence-corrected chi connectivity index (χ1v) is 7.14. The number of hydrogen-bond donors (Lipinski definition) is 2. The lowest BCUT2D eigenvalue weighted by atomic mass is 9.96. The van der Waals surface area contributed by atoms with E-state index in [4.69, 9.17) is 9.63 Å². The summed E-state index contributed by atoms with van der Waals surface area (Å²) in [6, 6.07) is -0.863. The third kappa shape index (κ3) is 3.18. The molecule has 20 heavy (non-hydrogen) atoms. The zero-order valence-corrected chi connectivity index (χ0v) is 11.6. The largest absolute Gasteiger partial charge is 0.480 e. The van der Waals surface area contributed by atoms with Crippen LogP contribution in [0.5, 0.6) is 0 Å². The topological polar surface area (TPSA) is 92.4 Å². The molecule has 1 aliphatic rings. The molecule has 1 amide bonds. The summed E-state index contributed by atoms with van der Waals surface area (Å²) in [5, 5.41) is 15.5. The van der Waals surface area contributed by atoms with E-state index in [9.17, 15) is 9.59 Å². The van der Waals surface area contributed by atoms with Crippen molar-refractivity contribution in [1.82, 2.24) is 10.5 Å². The molecule has 0 saturated heterocycles. The summed E-state index contributed by atoms with van der Waals surface area (Å²) < 4.78 is 5.17. The maximum absolute atomic E-state index is 12.2. The molecule has 0 aliphatic heterocycles. The molecule has 0 saturated carbocycles. The van der Waals surface area contributed by atoms with E-state index in [0.717, 1.165) is 49.8 Å². The summed E-state index contributed by atoms with van der Waals surface area (Å²) in [5.74, 6) is -0.689. The van der Waals surface area contributed by atoms with Crippen molar-refractivity contribution >= 4 is 11.9 Å². The summed E-state index contributed by atoms with van der Waals surface area (Å²) in [5.41, 5.74) is 1.09. The monoisotopic (exact) mass is 280 g/mol. The van der Waals surface area contributed by atoms with Crippen LogP contribution in [-0.4, -0.2) is 28.2 Å². The fraction of sp³-hybridized carbons (Fsp3) is 0.643. The number of aryl methyl sites for hydroxylation is 1. The van der Waals surface area contributed by atoms with E-state index >= 15 is 0 Å². The van der Waals surface area contributed by atoms with E-state index in [2.05, 4.69) is 10.5 Å². The van der Waals surface area contributed by atoms with Gasteiger partial charge in [0.15, 0.2) is 5.69 Å². The molecule has 0 spiro atoms. The summed E-state index contributed by atoms with van der Waals surface area (Å²) in [7, 11) is 0. The molecule has 2 N–H and O–H groups in total. The van der Waals surface area contributed by atoms with Crippen LogP contribution in [0.1, 0.15) is 60.8 Å². The van der Waals surface area contributed by atoms with Crippen LogP contribution in [0.25, 0.3) is 0 Å². The van der Waals surface area contributed by atoms with E-state index < -0.39 is 17.9 Å². The van der Waals surface area contributed by atoms with Crippen LogP contribution in [0.15, 0.2) is 4.52 Å². The predicted octanol–water partition coefficient (Wildman–Crippen LogP) is 1.93. The Balaban J connectivity index is 2.06. The minimum atomic E-state index is -1.01. The Bertz CT molecular complexity index is 495. The fourth-order valence-corrected chi connectivity index (χ4v) is 2.46. The van der Waals surface area contributed by atoms with Gasteiger partial charge < -0.3 is 14.9 Å². The van der Waals surface area contributed by atoms with Gasteiger partial charge in [-0.15, -0.1) is 0 Å². The van der Waals surface area contributed by atoms with E-state index in [1.807, 2.05) is 6.92 Å². The standard InChI is InChI=1S/C14H20N2O4/c1-2-3-7-10(14(18)19)15-13(17)12-9-6-4-5-8-11(9)20-16-12/h10H,2-8H2,1H3,(H,15,17)(H,18,19)/t10-/m1/s1. The highest BCUT2D eigenvalue weighted by molar-refractivity contribution is 5.96. The summed E-state index contributed by atoms with van der Waals surface area (Å²) in [6.45, 7) is 1.98. The Morgan fingerprint density at radius 2 is 2.15 bits per heavy atom. The average Bonchev–Trinajstić information content (AvgIpc) is 2.87. The van der Waals surface area contributed by atoms with Gasteiger partial charge in [-0.1, -0.05) is 24.9 Å². The van der Waals surface area contributed by atoms with Crippen LogP contribution in [0.3, 0.4) is 0 Å². The lowest BCUT2D eigenvalue weighted by molar-refractivity contribution is -0.139. The number of carbonyl (C=O) groups excluding carboxylic acids is 1. The van der Waals surface area contributed by atoms with Gasteiger partial charge in [-0.05, 0) is 25.7 Å². The number of amides is 1. The second kappa shape index (κ2) is 6.54. The summed E-state index contributed by atoms with van der Waals surface area (Å²) in [4.78, 5) is 23.3. The molecule has 2 rings (SSSR count). The van der Waals surface area contributed by atoms with Crippen LogP contribution in [0, 0.1) is 0 Å². The van der Waals surface area contributed by atoms with Crippen molar-refractivity contribution in [2.45, 2.75) is 57.9 Å². The summed E-state index contributed by atoms with van der Waals surface area (Å²) >= 11 is 0. The first kappa shape index (κ1) is 14.6. The molecule has 0 unspecified atom stereocenters. The quantitative estimate of drug-likeness (QED) is 0.830. The highest BCUT2D eigenvalue weighted by atomic mass is 16.5. The molecule has 0 bridgehead atoms.